The Kier molecular flexibility index (Phi) is 4.98. The average molecular weight is 397 g/mol. The summed E-state index contributed by atoms with van der Waals surface area (Å²) in [5.41, 5.74) is 2.52. The predicted molar refractivity (Wildman–Crippen MR) is 108 cm³/mol. The fraction of sp³-hybridized carbons (Fsp3) is 0.429. The smallest absolute Gasteiger partial charge is 0.318 e. The summed E-state index contributed by atoms with van der Waals surface area (Å²) < 4.78 is 1.80. The minimum absolute atomic E-state index is 0.150. The highest BCUT2D eigenvalue weighted by atomic mass is 16.2. The molecule has 154 valence electrons. The van der Waals surface area contributed by atoms with Gasteiger partial charge in [0.25, 0.3) is 11.8 Å². The molecule has 1 fully saturated rings. The number of hydrazine groups is 1. The number of nitrogens with zero attached hydrogens (tertiary/aromatic N) is 3. The number of urea groups is 1. The summed E-state index contributed by atoms with van der Waals surface area (Å²) in [7, 11) is 0. The van der Waals surface area contributed by atoms with E-state index in [0.717, 1.165) is 10.7 Å². The molecule has 4 amide bonds. The highest BCUT2D eigenvalue weighted by Crippen LogP contribution is 2.28. The maximum atomic E-state index is 12.9. The first-order chi connectivity index (χ1) is 13.4. The van der Waals surface area contributed by atoms with Crippen LogP contribution in [0.3, 0.4) is 0 Å². The Labute approximate surface area is 170 Å². The van der Waals surface area contributed by atoms with Crippen LogP contribution in [-0.4, -0.2) is 32.6 Å². The Bertz CT molecular complexity index is 958. The Morgan fingerprint density at radius 3 is 2.31 bits per heavy atom. The largest absolute Gasteiger partial charge is 0.344 e. The molecule has 3 rings (SSSR count). The molecule has 8 heteroatoms. The molecule has 0 aliphatic carbocycles. The maximum Gasteiger partial charge on any atom is 0.344 e. The van der Waals surface area contributed by atoms with E-state index in [0.29, 0.717) is 5.56 Å². The van der Waals surface area contributed by atoms with Gasteiger partial charge < -0.3 is 5.32 Å². The molecule has 29 heavy (non-hydrogen) atoms. The molecule has 1 saturated heterocycles. The van der Waals surface area contributed by atoms with E-state index < -0.39 is 23.4 Å². The van der Waals surface area contributed by atoms with Crippen LogP contribution in [0.5, 0.6) is 0 Å². The predicted octanol–water partition coefficient (Wildman–Crippen LogP) is 2.87. The number of benzene rings is 1. The van der Waals surface area contributed by atoms with E-state index >= 15 is 0 Å². The monoisotopic (exact) mass is 397 g/mol. The lowest BCUT2D eigenvalue weighted by molar-refractivity contribution is -0.132. The lowest BCUT2D eigenvalue weighted by atomic mass is 9.92. The standard InChI is InChI=1S/C21H27N5O3/c1-13(2)16-12-15(23-26(16)20(3,4)5)17(27)24-25-18(28)21(6,22-19(25)29)14-10-8-7-9-11-14/h7-13H,1-6H3,(H,22,29)(H,24,27). The third-order valence-corrected chi connectivity index (χ3v) is 4.95. The van der Waals surface area contributed by atoms with E-state index in [1.54, 1.807) is 41.9 Å². The Balaban J connectivity index is 1.86. The van der Waals surface area contributed by atoms with Crippen molar-refractivity contribution >= 4 is 17.8 Å². The topological polar surface area (TPSA) is 96.3 Å². The Morgan fingerprint density at radius 1 is 1.17 bits per heavy atom. The summed E-state index contributed by atoms with van der Waals surface area (Å²) in [4.78, 5) is 38.2. The van der Waals surface area contributed by atoms with E-state index in [4.69, 9.17) is 0 Å². The van der Waals surface area contributed by atoms with Crippen LogP contribution in [0.2, 0.25) is 0 Å². The summed E-state index contributed by atoms with van der Waals surface area (Å²) in [6.07, 6.45) is 0. The van der Waals surface area contributed by atoms with Crippen LogP contribution in [0.4, 0.5) is 4.79 Å². The van der Waals surface area contributed by atoms with Gasteiger partial charge in [-0.05, 0) is 45.2 Å². The summed E-state index contributed by atoms with van der Waals surface area (Å²) in [5, 5.41) is 7.81. The van der Waals surface area contributed by atoms with Crippen LogP contribution in [0.25, 0.3) is 0 Å². The second kappa shape index (κ2) is 7.02. The van der Waals surface area contributed by atoms with Crippen molar-refractivity contribution in [3.8, 4) is 0 Å². The number of rotatable bonds is 4. The van der Waals surface area contributed by atoms with Gasteiger partial charge >= 0.3 is 6.03 Å². The van der Waals surface area contributed by atoms with Crippen LogP contribution in [0.15, 0.2) is 36.4 Å². The third-order valence-electron chi connectivity index (χ3n) is 4.95. The van der Waals surface area contributed by atoms with E-state index in [2.05, 4.69) is 15.8 Å². The number of carbonyl (C=O) groups excluding carboxylic acids is 3. The van der Waals surface area contributed by atoms with Crippen molar-refractivity contribution in [3.63, 3.8) is 0 Å². The molecule has 2 heterocycles. The molecule has 0 spiro atoms. The van der Waals surface area contributed by atoms with Crippen LogP contribution >= 0.6 is 0 Å². The van der Waals surface area contributed by atoms with Crippen LogP contribution in [0.1, 0.15) is 69.2 Å². The first-order valence-electron chi connectivity index (χ1n) is 9.59. The Hall–Kier alpha value is -3.16. The number of amides is 4. The summed E-state index contributed by atoms with van der Waals surface area (Å²) in [6.45, 7) is 11.6. The van der Waals surface area contributed by atoms with Crippen molar-refractivity contribution in [1.29, 1.82) is 0 Å². The van der Waals surface area contributed by atoms with Gasteiger partial charge in [0, 0.05) is 5.69 Å². The molecule has 1 aromatic carbocycles. The van der Waals surface area contributed by atoms with Gasteiger partial charge in [-0.3, -0.25) is 19.7 Å². The van der Waals surface area contributed by atoms with Gasteiger partial charge in [-0.15, -0.1) is 0 Å². The quantitative estimate of drug-likeness (QED) is 0.776. The fourth-order valence-electron chi connectivity index (χ4n) is 3.32. The lowest BCUT2D eigenvalue weighted by Crippen LogP contribution is -2.48. The number of imide groups is 1. The third kappa shape index (κ3) is 3.62. The van der Waals surface area contributed by atoms with Gasteiger partial charge in [-0.25, -0.2) is 4.79 Å². The van der Waals surface area contributed by atoms with Gasteiger partial charge in [-0.1, -0.05) is 44.2 Å². The van der Waals surface area contributed by atoms with Gasteiger partial charge in [0.05, 0.1) is 5.54 Å². The molecule has 8 nitrogen and oxygen atoms in total. The van der Waals surface area contributed by atoms with Crippen molar-refractivity contribution < 1.29 is 14.4 Å². The molecule has 1 unspecified atom stereocenters. The van der Waals surface area contributed by atoms with E-state index in [-0.39, 0.29) is 17.2 Å². The normalized spacial score (nSPS) is 19.6. The van der Waals surface area contributed by atoms with Crippen molar-refractivity contribution in [3.05, 3.63) is 53.3 Å². The zero-order chi connectivity index (χ0) is 21.6. The van der Waals surface area contributed by atoms with E-state index in [9.17, 15) is 14.4 Å². The SMILES string of the molecule is CC(C)c1cc(C(=O)NN2C(=O)NC(C)(c3ccccc3)C2=O)nn1C(C)(C)C. The molecule has 0 saturated carbocycles. The van der Waals surface area contributed by atoms with E-state index in [1.807, 2.05) is 40.7 Å². The molecular formula is C21H27N5O3. The molecule has 1 atom stereocenters. The molecule has 0 radical (unpaired) electrons. The Morgan fingerprint density at radius 2 is 1.79 bits per heavy atom. The van der Waals surface area contributed by atoms with Crippen molar-refractivity contribution in [2.45, 2.75) is 58.5 Å². The summed E-state index contributed by atoms with van der Waals surface area (Å²) in [6, 6.07) is 9.91. The number of nitrogens with one attached hydrogen (secondary N) is 2. The lowest BCUT2D eigenvalue weighted by Gasteiger charge is -2.23. The van der Waals surface area contributed by atoms with Gasteiger partial charge in [0.2, 0.25) is 0 Å². The molecule has 2 N–H and O–H groups in total. The van der Waals surface area contributed by atoms with Crippen molar-refractivity contribution in [1.82, 2.24) is 25.5 Å². The van der Waals surface area contributed by atoms with Gasteiger partial charge in [0.1, 0.15) is 5.54 Å². The highest BCUT2D eigenvalue weighted by Gasteiger charge is 2.50. The summed E-state index contributed by atoms with van der Waals surface area (Å²) in [5.74, 6) is -1.02. The average Bonchev–Trinajstić information content (AvgIpc) is 3.19. The first-order valence-corrected chi connectivity index (χ1v) is 9.59. The second-order valence-corrected chi connectivity index (χ2v) is 8.69. The van der Waals surface area contributed by atoms with Crippen LogP contribution < -0.4 is 10.7 Å². The number of hydrogen-bond donors (Lipinski definition) is 2. The fourth-order valence-corrected chi connectivity index (χ4v) is 3.32. The van der Waals surface area contributed by atoms with Gasteiger partial charge in [-0.2, -0.15) is 10.1 Å². The molecular weight excluding hydrogens is 370 g/mol. The second-order valence-electron chi connectivity index (χ2n) is 8.69. The minimum atomic E-state index is -1.25. The maximum absolute atomic E-state index is 12.9. The van der Waals surface area contributed by atoms with Crippen molar-refractivity contribution in [2.24, 2.45) is 0 Å². The van der Waals surface area contributed by atoms with E-state index in [1.165, 1.54) is 0 Å². The molecule has 1 aromatic heterocycles. The first kappa shape index (κ1) is 20.6. The van der Waals surface area contributed by atoms with Gasteiger partial charge in [0.15, 0.2) is 5.69 Å². The highest BCUT2D eigenvalue weighted by molar-refractivity contribution is 6.09. The number of hydrogen-bond acceptors (Lipinski definition) is 4. The zero-order valence-electron chi connectivity index (χ0n) is 17.6. The zero-order valence-corrected chi connectivity index (χ0v) is 17.6. The summed E-state index contributed by atoms with van der Waals surface area (Å²) >= 11 is 0. The molecule has 2 aromatic rings. The molecule has 0 bridgehead atoms. The van der Waals surface area contributed by atoms with Crippen LogP contribution in [0, 0.1) is 0 Å². The van der Waals surface area contributed by atoms with Crippen molar-refractivity contribution in [2.75, 3.05) is 0 Å². The van der Waals surface area contributed by atoms with Crippen LogP contribution in [-0.2, 0) is 15.9 Å². The minimum Gasteiger partial charge on any atom is -0.318 e. The number of carbonyl (C=O) groups is 3. The number of aromatic nitrogens is 2. The molecule has 1 aliphatic rings. The molecule has 1 aliphatic heterocycles.